The number of ether oxygens (including phenoxy) is 1. The van der Waals surface area contributed by atoms with Gasteiger partial charge in [0.05, 0.1) is 11.6 Å². The zero-order chi connectivity index (χ0) is 37.5. The summed E-state index contributed by atoms with van der Waals surface area (Å²) in [7, 11) is 0. The molecule has 0 bridgehead atoms. The Labute approximate surface area is 328 Å². The van der Waals surface area contributed by atoms with Crippen molar-refractivity contribution in [1.82, 2.24) is 10.4 Å². The quantitative estimate of drug-likeness (QED) is 0.115. The number of para-hydroxylation sites is 2. The fourth-order valence-corrected chi connectivity index (χ4v) is 8.78. The predicted octanol–water partition coefficient (Wildman–Crippen LogP) is 11.7. The van der Waals surface area contributed by atoms with Crippen LogP contribution >= 0.6 is 0 Å². The Balaban J connectivity index is 0.958. The van der Waals surface area contributed by atoms with Crippen molar-refractivity contribution < 1.29 is 4.74 Å². The largest absolute Gasteiger partial charge is 0.457 e. The van der Waals surface area contributed by atoms with Gasteiger partial charge in [-0.1, -0.05) is 176 Å². The Morgan fingerprint density at radius 2 is 1.02 bits per heavy atom. The van der Waals surface area contributed by atoms with Gasteiger partial charge in [0.15, 0.2) is 0 Å². The van der Waals surface area contributed by atoms with E-state index in [0.717, 1.165) is 17.1 Å². The highest BCUT2D eigenvalue weighted by Crippen LogP contribution is 2.62. The van der Waals surface area contributed by atoms with Crippen molar-refractivity contribution in [3.05, 3.63) is 239 Å². The molecule has 0 fully saturated rings. The summed E-state index contributed by atoms with van der Waals surface area (Å²) in [4.78, 5) is 0. The van der Waals surface area contributed by atoms with Gasteiger partial charge in [-0.2, -0.15) is 0 Å². The molecule has 0 amide bonds. The van der Waals surface area contributed by atoms with Crippen LogP contribution in [0.3, 0.4) is 0 Å². The van der Waals surface area contributed by atoms with Gasteiger partial charge in [0.1, 0.15) is 11.5 Å². The highest BCUT2D eigenvalue weighted by atomic mass is 16.5. The lowest BCUT2D eigenvalue weighted by Crippen LogP contribution is -2.43. The molecule has 0 saturated carbocycles. The van der Waals surface area contributed by atoms with Crippen molar-refractivity contribution in [3.63, 3.8) is 0 Å². The molecule has 56 heavy (non-hydrogen) atoms. The number of benzene rings is 8. The van der Waals surface area contributed by atoms with Gasteiger partial charge in [0.2, 0.25) is 0 Å². The van der Waals surface area contributed by atoms with Crippen LogP contribution in [0.1, 0.15) is 45.1 Å². The summed E-state index contributed by atoms with van der Waals surface area (Å²) in [6.07, 6.45) is -0.294. The van der Waals surface area contributed by atoms with Gasteiger partial charge in [0.25, 0.3) is 0 Å². The minimum atomic E-state index is -0.490. The molecule has 0 aromatic heterocycles. The van der Waals surface area contributed by atoms with Gasteiger partial charge in [-0.15, -0.1) is 0 Å². The summed E-state index contributed by atoms with van der Waals surface area (Å²) in [6.45, 7) is 1.34. The van der Waals surface area contributed by atoms with E-state index in [4.69, 9.17) is 10.5 Å². The van der Waals surface area contributed by atoms with Crippen LogP contribution in [0.25, 0.3) is 33.4 Å². The van der Waals surface area contributed by atoms with E-state index in [2.05, 4.69) is 186 Å². The Kier molecular flexibility index (Phi) is 8.65. The summed E-state index contributed by atoms with van der Waals surface area (Å²) >= 11 is 0. The van der Waals surface area contributed by atoms with Crippen LogP contribution in [0.4, 0.5) is 0 Å². The average molecular weight is 724 g/mol. The van der Waals surface area contributed by atoms with Crippen LogP contribution in [0.2, 0.25) is 0 Å². The van der Waals surface area contributed by atoms with Crippen molar-refractivity contribution in [2.24, 2.45) is 5.73 Å². The lowest BCUT2D eigenvalue weighted by molar-refractivity contribution is 0.113. The second-order valence-electron chi connectivity index (χ2n) is 14.7. The minimum Gasteiger partial charge on any atom is -0.457 e. The van der Waals surface area contributed by atoms with Crippen LogP contribution in [0.5, 0.6) is 11.5 Å². The lowest BCUT2D eigenvalue weighted by atomic mass is 9.66. The van der Waals surface area contributed by atoms with Crippen molar-refractivity contribution in [2.75, 3.05) is 0 Å². The van der Waals surface area contributed by atoms with E-state index in [1.54, 1.807) is 0 Å². The third-order valence-corrected chi connectivity index (χ3v) is 11.5. The van der Waals surface area contributed by atoms with E-state index in [-0.39, 0.29) is 6.17 Å². The van der Waals surface area contributed by atoms with Gasteiger partial charge in [0, 0.05) is 24.2 Å². The Morgan fingerprint density at radius 3 is 1.73 bits per heavy atom. The molecule has 8 aromatic carbocycles. The third kappa shape index (κ3) is 5.83. The highest BCUT2D eigenvalue weighted by Gasteiger charge is 2.51. The molecule has 0 saturated heterocycles. The lowest BCUT2D eigenvalue weighted by Gasteiger charge is -2.39. The van der Waals surface area contributed by atoms with Crippen molar-refractivity contribution >= 4 is 0 Å². The summed E-state index contributed by atoms with van der Waals surface area (Å²) in [5.74, 6) is 1.81. The first-order valence-corrected chi connectivity index (χ1v) is 19.3. The maximum atomic E-state index is 6.81. The molecular formula is C52H41N3O. The fraction of sp³-hybridized carbons (Fsp3) is 0.0769. The molecule has 3 N–H and O–H groups in total. The van der Waals surface area contributed by atoms with Crippen LogP contribution in [-0.2, 0) is 18.5 Å². The van der Waals surface area contributed by atoms with Crippen molar-refractivity contribution in [3.8, 4) is 44.9 Å². The highest BCUT2D eigenvalue weighted by molar-refractivity contribution is 5.90. The molecule has 4 nitrogen and oxygen atoms in total. The van der Waals surface area contributed by atoms with Crippen LogP contribution in [0, 0.1) is 0 Å². The number of rotatable bonds is 9. The smallest absolute Gasteiger partial charge is 0.132 e. The van der Waals surface area contributed by atoms with Crippen LogP contribution < -0.4 is 15.9 Å². The zero-order valence-corrected chi connectivity index (χ0v) is 31.0. The summed E-state index contributed by atoms with van der Waals surface area (Å²) in [5.41, 5.74) is 25.6. The van der Waals surface area contributed by atoms with Crippen LogP contribution in [0.15, 0.2) is 200 Å². The van der Waals surface area contributed by atoms with Crippen molar-refractivity contribution in [1.29, 1.82) is 0 Å². The summed E-state index contributed by atoms with van der Waals surface area (Å²) in [6, 6.07) is 71.4. The zero-order valence-electron chi connectivity index (χ0n) is 31.0. The molecule has 10 rings (SSSR count). The molecule has 1 aliphatic heterocycles. The van der Waals surface area contributed by atoms with E-state index in [0.29, 0.717) is 13.1 Å². The molecule has 4 heteroatoms. The standard InChI is InChI=1S/C52H41N3O/c53-51(39-16-5-2-6-17-39)55(35-37-14-3-1-4-15-37)54-34-36-26-28-38(29-27-36)40-18-13-19-41(32-40)42-30-31-44-43-20-7-8-21-45(43)52(48(44)33-42)46-22-9-11-24-49(46)56-50-25-12-10-23-47(50)52/h1-33,51,54H,34-35,53H2. The first-order valence-electron chi connectivity index (χ1n) is 19.3. The Hall–Kier alpha value is -6.56. The molecule has 1 aliphatic carbocycles. The van der Waals surface area contributed by atoms with Gasteiger partial charge in [-0.3, -0.25) is 0 Å². The number of hydrazine groups is 1. The second-order valence-corrected chi connectivity index (χ2v) is 14.7. The molecule has 1 heterocycles. The first kappa shape index (κ1) is 34.0. The maximum Gasteiger partial charge on any atom is 0.132 e. The number of hydrogen-bond donors (Lipinski definition) is 2. The Bertz CT molecular complexity index is 2630. The van der Waals surface area contributed by atoms with Gasteiger partial charge >= 0.3 is 0 Å². The van der Waals surface area contributed by atoms with Gasteiger partial charge < -0.3 is 10.5 Å². The van der Waals surface area contributed by atoms with Crippen LogP contribution in [-0.4, -0.2) is 5.01 Å². The van der Waals surface area contributed by atoms with E-state index in [1.807, 2.05) is 24.3 Å². The summed E-state index contributed by atoms with van der Waals surface area (Å²) < 4.78 is 6.55. The fourth-order valence-electron chi connectivity index (χ4n) is 8.78. The SMILES string of the molecule is NC(c1ccccc1)N(Cc1ccccc1)NCc1ccc(-c2cccc(-c3ccc4c(c3)C3(c5ccccc5Oc5ccccc53)c3ccccc3-4)c2)cc1. The third-order valence-electron chi connectivity index (χ3n) is 11.5. The topological polar surface area (TPSA) is 50.5 Å². The molecule has 1 unspecified atom stereocenters. The average Bonchev–Trinajstić information content (AvgIpc) is 3.56. The number of hydrogen-bond acceptors (Lipinski definition) is 4. The van der Waals surface area contributed by atoms with E-state index in [1.165, 1.54) is 66.8 Å². The maximum absolute atomic E-state index is 6.81. The Morgan fingerprint density at radius 1 is 0.464 bits per heavy atom. The molecule has 8 aromatic rings. The second kappa shape index (κ2) is 14.3. The molecule has 1 atom stereocenters. The normalized spacial score (nSPS) is 13.7. The number of nitrogens with one attached hydrogen (secondary N) is 1. The van der Waals surface area contributed by atoms with Gasteiger partial charge in [-0.05, 0) is 85.5 Å². The monoisotopic (exact) mass is 723 g/mol. The van der Waals surface area contributed by atoms with Crippen molar-refractivity contribution in [2.45, 2.75) is 24.7 Å². The number of nitrogens with two attached hydrogens (primary N) is 1. The van der Waals surface area contributed by atoms with E-state index >= 15 is 0 Å². The molecule has 1 spiro atoms. The summed E-state index contributed by atoms with van der Waals surface area (Å²) in [5, 5.41) is 2.12. The molecule has 270 valence electrons. The van der Waals surface area contributed by atoms with Gasteiger partial charge in [-0.25, -0.2) is 10.4 Å². The van der Waals surface area contributed by atoms with E-state index < -0.39 is 5.41 Å². The first-order chi connectivity index (χ1) is 27.7. The minimum absolute atomic E-state index is 0.294. The molecule has 2 aliphatic rings. The predicted molar refractivity (Wildman–Crippen MR) is 227 cm³/mol. The molecular weight excluding hydrogens is 683 g/mol. The number of nitrogens with zero attached hydrogens (tertiary/aromatic N) is 1. The number of fused-ring (bicyclic) bond motifs is 9. The van der Waals surface area contributed by atoms with E-state index in [9.17, 15) is 0 Å². The molecule has 0 radical (unpaired) electrons.